The number of hydrogen-bond acceptors (Lipinski definition) is 5. The quantitative estimate of drug-likeness (QED) is 0.468. The van der Waals surface area contributed by atoms with Crippen LogP contribution in [0.25, 0.3) is 0 Å². The van der Waals surface area contributed by atoms with Gasteiger partial charge in [-0.05, 0) is 30.4 Å². The van der Waals surface area contributed by atoms with Gasteiger partial charge < -0.3 is 9.47 Å². The molecule has 1 fully saturated rings. The number of benzene rings is 1. The lowest BCUT2D eigenvalue weighted by atomic mass is 9.78. The van der Waals surface area contributed by atoms with Crippen LogP contribution in [0, 0.1) is 27.9 Å². The number of carbonyl (C=O) groups is 1. The largest absolute Gasteiger partial charge is 0.457 e. The summed E-state index contributed by atoms with van der Waals surface area (Å²) in [4.78, 5) is 21.5. The van der Waals surface area contributed by atoms with E-state index in [-0.39, 0.29) is 29.0 Å². The summed E-state index contributed by atoms with van der Waals surface area (Å²) < 4.78 is 11.8. The van der Waals surface area contributed by atoms with Gasteiger partial charge in [-0.2, -0.15) is 0 Å². The normalized spacial score (nSPS) is 30.7. The molecule has 0 aromatic heterocycles. The molecule has 1 aliphatic rings. The molecular formula is C17H23NO5. The lowest BCUT2D eigenvalue weighted by Gasteiger charge is -2.43. The van der Waals surface area contributed by atoms with Crippen molar-refractivity contribution < 1.29 is 19.2 Å². The van der Waals surface area contributed by atoms with E-state index in [9.17, 15) is 14.9 Å². The molecule has 1 heterocycles. The van der Waals surface area contributed by atoms with Crippen LogP contribution in [0.2, 0.25) is 0 Å². The van der Waals surface area contributed by atoms with Crippen LogP contribution in [0.15, 0.2) is 18.2 Å². The summed E-state index contributed by atoms with van der Waals surface area (Å²) in [5.41, 5.74) is 0.0276. The van der Waals surface area contributed by atoms with Crippen molar-refractivity contribution in [1.29, 1.82) is 0 Å². The first kappa shape index (κ1) is 17.4. The molecule has 1 aliphatic heterocycles. The van der Waals surface area contributed by atoms with Crippen LogP contribution in [0.1, 0.15) is 44.5 Å². The van der Waals surface area contributed by atoms with E-state index in [1.54, 1.807) is 0 Å². The van der Waals surface area contributed by atoms with Crippen LogP contribution in [0.3, 0.4) is 0 Å². The minimum absolute atomic E-state index is 0.0690. The second kappa shape index (κ2) is 7.08. The third kappa shape index (κ3) is 3.52. The molecule has 0 N–H and O–H groups in total. The lowest BCUT2D eigenvalue weighted by molar-refractivity contribution is -0.386. The van der Waals surface area contributed by atoms with Crippen molar-refractivity contribution in [3.05, 3.63) is 33.9 Å². The zero-order valence-electron chi connectivity index (χ0n) is 13.9. The van der Waals surface area contributed by atoms with Gasteiger partial charge in [-0.15, -0.1) is 0 Å². The van der Waals surface area contributed by atoms with Gasteiger partial charge in [0, 0.05) is 17.5 Å². The molecule has 0 radical (unpaired) electrons. The van der Waals surface area contributed by atoms with E-state index in [4.69, 9.17) is 9.47 Å². The highest BCUT2D eigenvalue weighted by molar-refractivity contribution is 5.77. The van der Waals surface area contributed by atoms with Crippen molar-refractivity contribution in [2.45, 2.75) is 46.5 Å². The lowest BCUT2D eigenvalue weighted by Crippen LogP contribution is -2.47. The first-order valence-corrected chi connectivity index (χ1v) is 7.94. The summed E-state index contributed by atoms with van der Waals surface area (Å²) in [6, 6.07) is 4.19. The minimum atomic E-state index is -0.542. The van der Waals surface area contributed by atoms with E-state index in [0.717, 1.165) is 6.42 Å². The first-order valence-electron chi connectivity index (χ1n) is 7.94. The van der Waals surface area contributed by atoms with E-state index in [1.807, 2.05) is 6.92 Å². The van der Waals surface area contributed by atoms with Crippen LogP contribution >= 0.6 is 0 Å². The van der Waals surface area contributed by atoms with Crippen LogP contribution < -0.4 is 4.74 Å². The molecule has 0 bridgehead atoms. The predicted molar refractivity (Wildman–Crippen MR) is 85.6 cm³/mol. The molecule has 1 saturated heterocycles. The molecule has 6 heteroatoms. The number of nitrogens with zero attached hydrogens (tertiary/aromatic N) is 1. The number of aldehydes is 1. The number of rotatable bonds is 5. The maximum absolute atomic E-state index is 11.2. The molecule has 5 atom stereocenters. The van der Waals surface area contributed by atoms with E-state index in [2.05, 4.69) is 20.8 Å². The number of nitro groups is 1. The van der Waals surface area contributed by atoms with Gasteiger partial charge in [0.1, 0.15) is 6.29 Å². The van der Waals surface area contributed by atoms with E-state index >= 15 is 0 Å². The molecule has 0 aliphatic carbocycles. The van der Waals surface area contributed by atoms with Crippen molar-refractivity contribution in [2.75, 3.05) is 0 Å². The molecule has 1 aromatic rings. The summed E-state index contributed by atoms with van der Waals surface area (Å²) in [7, 11) is 0. The van der Waals surface area contributed by atoms with Crippen LogP contribution in [0.5, 0.6) is 5.75 Å². The molecule has 2 rings (SSSR count). The smallest absolute Gasteiger partial charge is 0.311 e. The molecule has 0 spiro atoms. The topological polar surface area (TPSA) is 78.7 Å². The first-order chi connectivity index (χ1) is 10.9. The van der Waals surface area contributed by atoms with Gasteiger partial charge in [0.15, 0.2) is 5.75 Å². The molecule has 126 valence electrons. The predicted octanol–water partition coefficient (Wildman–Crippen LogP) is 3.83. The van der Waals surface area contributed by atoms with Crippen molar-refractivity contribution in [3.63, 3.8) is 0 Å². The second-order valence-electron chi connectivity index (χ2n) is 6.25. The molecule has 6 nitrogen and oxygen atoms in total. The van der Waals surface area contributed by atoms with Gasteiger partial charge in [-0.1, -0.05) is 27.7 Å². The Balaban J connectivity index is 2.27. The number of hydrogen-bond donors (Lipinski definition) is 0. The van der Waals surface area contributed by atoms with Gasteiger partial charge in [-0.3, -0.25) is 14.9 Å². The molecule has 2 unspecified atom stereocenters. The van der Waals surface area contributed by atoms with E-state index in [1.165, 1.54) is 18.2 Å². The third-order valence-corrected chi connectivity index (χ3v) is 4.94. The van der Waals surface area contributed by atoms with Gasteiger partial charge >= 0.3 is 5.69 Å². The Labute approximate surface area is 135 Å². The van der Waals surface area contributed by atoms with Crippen LogP contribution in [-0.2, 0) is 4.74 Å². The fourth-order valence-corrected chi connectivity index (χ4v) is 3.06. The SMILES string of the molecule is CCC1O[C@@H](Oc2ccc(C=O)cc2[N+](=O)[O-])[C@@H](C)C(C)[C@H]1C. The summed E-state index contributed by atoms with van der Waals surface area (Å²) in [6.07, 6.45) is 0.976. The van der Waals surface area contributed by atoms with Crippen molar-refractivity contribution in [2.24, 2.45) is 17.8 Å². The van der Waals surface area contributed by atoms with Crippen LogP contribution in [-0.4, -0.2) is 23.6 Å². The zero-order valence-corrected chi connectivity index (χ0v) is 13.9. The average Bonchev–Trinajstić information content (AvgIpc) is 2.55. The monoisotopic (exact) mass is 321 g/mol. The van der Waals surface area contributed by atoms with Crippen molar-refractivity contribution in [3.8, 4) is 5.75 Å². The number of carbonyl (C=O) groups excluding carboxylic acids is 1. The maximum atomic E-state index is 11.2. The fourth-order valence-electron chi connectivity index (χ4n) is 3.06. The Hall–Kier alpha value is -1.95. The highest BCUT2D eigenvalue weighted by atomic mass is 16.7. The van der Waals surface area contributed by atoms with Crippen molar-refractivity contribution in [1.82, 2.24) is 0 Å². The third-order valence-electron chi connectivity index (χ3n) is 4.94. The Kier molecular flexibility index (Phi) is 5.36. The van der Waals surface area contributed by atoms with Crippen molar-refractivity contribution >= 4 is 12.0 Å². The van der Waals surface area contributed by atoms with Gasteiger partial charge in [-0.25, -0.2) is 0 Å². The molecule has 0 saturated carbocycles. The Morgan fingerprint density at radius 2 is 1.96 bits per heavy atom. The van der Waals surface area contributed by atoms with Gasteiger partial charge in [0.2, 0.25) is 6.29 Å². The minimum Gasteiger partial charge on any atom is -0.457 e. The van der Waals surface area contributed by atoms with Gasteiger partial charge in [0.05, 0.1) is 11.0 Å². The summed E-state index contributed by atoms with van der Waals surface area (Å²) in [5, 5.41) is 11.2. The van der Waals surface area contributed by atoms with E-state index < -0.39 is 11.2 Å². The summed E-state index contributed by atoms with van der Waals surface area (Å²) in [5.74, 6) is 1.03. The second-order valence-corrected chi connectivity index (χ2v) is 6.25. The standard InChI is InChI=1S/C17H23NO5/c1-5-15-11(3)10(2)12(4)17(22-15)23-16-7-6-13(9-19)8-14(16)18(20)21/h6-12,15,17H,5H2,1-4H3/t10?,11-,12+,15?,17+/m1/s1. The summed E-state index contributed by atoms with van der Waals surface area (Å²) in [6.45, 7) is 8.40. The maximum Gasteiger partial charge on any atom is 0.311 e. The van der Waals surface area contributed by atoms with Crippen LogP contribution in [0.4, 0.5) is 5.69 Å². The van der Waals surface area contributed by atoms with E-state index in [0.29, 0.717) is 18.1 Å². The number of nitro benzene ring substituents is 1. The van der Waals surface area contributed by atoms with Gasteiger partial charge in [0.25, 0.3) is 0 Å². The molecule has 0 amide bonds. The highest BCUT2D eigenvalue weighted by Crippen LogP contribution is 2.38. The average molecular weight is 321 g/mol. The zero-order chi connectivity index (χ0) is 17.1. The molecular weight excluding hydrogens is 298 g/mol. The highest BCUT2D eigenvalue weighted by Gasteiger charge is 2.40. The molecule has 23 heavy (non-hydrogen) atoms. The fraction of sp³-hybridized carbons (Fsp3) is 0.588. The molecule has 1 aromatic carbocycles. The summed E-state index contributed by atoms with van der Waals surface area (Å²) >= 11 is 0. The Bertz CT molecular complexity index is 586. The Morgan fingerprint density at radius 1 is 1.26 bits per heavy atom. The Morgan fingerprint density at radius 3 is 2.52 bits per heavy atom. The number of ether oxygens (including phenoxy) is 2.